The number of nitrogens with zero attached hydrogens (tertiary/aromatic N) is 1. The molecule has 0 aromatic heterocycles. The van der Waals surface area contributed by atoms with E-state index in [-0.39, 0.29) is 30.9 Å². The Morgan fingerprint density at radius 3 is 2.86 bits per heavy atom. The summed E-state index contributed by atoms with van der Waals surface area (Å²) < 4.78 is 0. The molecule has 2 aliphatic heterocycles. The zero-order valence-corrected chi connectivity index (χ0v) is 7.60. The van der Waals surface area contributed by atoms with E-state index < -0.39 is 6.04 Å². The number of amides is 2. The van der Waals surface area contributed by atoms with Gasteiger partial charge in [0.15, 0.2) is 0 Å². The second-order valence-electron chi connectivity index (χ2n) is 3.59. The average Bonchev–Trinajstić information content (AvgIpc) is 2.72. The van der Waals surface area contributed by atoms with E-state index in [1.54, 1.807) is 0 Å². The van der Waals surface area contributed by atoms with Gasteiger partial charge in [-0.1, -0.05) is 0 Å². The lowest BCUT2D eigenvalue weighted by molar-refractivity contribution is -0.135. The minimum absolute atomic E-state index is 0.0164. The molecule has 6 heteroatoms. The number of hydrogen-bond donors (Lipinski definition) is 2. The maximum Gasteiger partial charge on any atom is 0.268 e. The highest BCUT2D eigenvalue weighted by molar-refractivity contribution is 5.89. The van der Waals surface area contributed by atoms with E-state index in [0.717, 1.165) is 0 Å². The molecule has 2 heterocycles. The maximum absolute atomic E-state index is 11.5. The third-order valence-electron chi connectivity index (χ3n) is 2.59. The molecule has 1 unspecified atom stereocenters. The molecule has 2 saturated heterocycles. The standard InChI is InChI=1S/C8H12N2O4/c11-3-5-1-7(12)10(2-5)6-4-14-9-8(6)13/h5-6,11H,1-4H2,(H,9,13)/t5?,6-/m0/s1. The van der Waals surface area contributed by atoms with Crippen LogP contribution in [0.4, 0.5) is 0 Å². The van der Waals surface area contributed by atoms with Crippen molar-refractivity contribution in [2.24, 2.45) is 5.92 Å². The second-order valence-corrected chi connectivity index (χ2v) is 3.59. The van der Waals surface area contributed by atoms with Crippen LogP contribution in [0.5, 0.6) is 0 Å². The quantitative estimate of drug-likeness (QED) is 0.554. The summed E-state index contributed by atoms with van der Waals surface area (Å²) in [6, 6.07) is -0.515. The van der Waals surface area contributed by atoms with Gasteiger partial charge in [0.1, 0.15) is 12.6 Å². The molecule has 6 nitrogen and oxygen atoms in total. The number of carbonyl (C=O) groups is 2. The first kappa shape index (κ1) is 9.42. The Kier molecular flexibility index (Phi) is 2.39. The van der Waals surface area contributed by atoms with Crippen molar-refractivity contribution in [1.29, 1.82) is 0 Å². The van der Waals surface area contributed by atoms with Crippen molar-refractivity contribution in [2.75, 3.05) is 19.8 Å². The normalized spacial score (nSPS) is 32.5. The fourth-order valence-corrected chi connectivity index (χ4v) is 1.80. The molecule has 0 bridgehead atoms. The summed E-state index contributed by atoms with van der Waals surface area (Å²) in [5.41, 5.74) is 2.20. The summed E-state index contributed by atoms with van der Waals surface area (Å²) in [5.74, 6) is -0.414. The number of hydrogen-bond acceptors (Lipinski definition) is 4. The lowest BCUT2D eigenvalue weighted by Gasteiger charge is -2.20. The van der Waals surface area contributed by atoms with Crippen molar-refractivity contribution in [1.82, 2.24) is 10.4 Å². The van der Waals surface area contributed by atoms with Crippen molar-refractivity contribution in [3.63, 3.8) is 0 Å². The van der Waals surface area contributed by atoms with Crippen LogP contribution in [-0.4, -0.2) is 47.6 Å². The van der Waals surface area contributed by atoms with Crippen molar-refractivity contribution in [2.45, 2.75) is 12.5 Å². The van der Waals surface area contributed by atoms with E-state index in [2.05, 4.69) is 5.48 Å². The number of carbonyl (C=O) groups excluding carboxylic acids is 2. The monoisotopic (exact) mass is 200 g/mol. The van der Waals surface area contributed by atoms with Gasteiger partial charge in [0.25, 0.3) is 5.91 Å². The summed E-state index contributed by atoms with van der Waals surface area (Å²) in [7, 11) is 0. The molecule has 2 fully saturated rings. The number of hydroxylamine groups is 1. The first-order valence-corrected chi connectivity index (χ1v) is 4.54. The molecule has 0 aromatic carbocycles. The zero-order valence-electron chi connectivity index (χ0n) is 7.60. The predicted molar refractivity (Wildman–Crippen MR) is 44.8 cm³/mol. The largest absolute Gasteiger partial charge is 0.396 e. The molecule has 14 heavy (non-hydrogen) atoms. The van der Waals surface area contributed by atoms with Crippen LogP contribution in [0.3, 0.4) is 0 Å². The van der Waals surface area contributed by atoms with Gasteiger partial charge in [0, 0.05) is 25.5 Å². The Labute approximate surface area is 80.8 Å². The number of aliphatic hydroxyl groups excluding tert-OH is 1. The Morgan fingerprint density at radius 1 is 1.57 bits per heavy atom. The lowest BCUT2D eigenvalue weighted by Crippen LogP contribution is -2.43. The molecule has 78 valence electrons. The van der Waals surface area contributed by atoms with Crippen LogP contribution in [0.2, 0.25) is 0 Å². The molecule has 2 amide bonds. The Balaban J connectivity index is 2.04. The molecular weight excluding hydrogens is 188 g/mol. The number of nitrogens with one attached hydrogen (secondary N) is 1. The highest BCUT2D eigenvalue weighted by Gasteiger charge is 2.40. The van der Waals surface area contributed by atoms with Gasteiger partial charge in [0.05, 0.1) is 0 Å². The van der Waals surface area contributed by atoms with Crippen molar-refractivity contribution < 1.29 is 19.5 Å². The van der Waals surface area contributed by atoms with Crippen molar-refractivity contribution in [3.05, 3.63) is 0 Å². The van der Waals surface area contributed by atoms with Crippen LogP contribution in [0, 0.1) is 5.92 Å². The SMILES string of the molecule is O=C1NOC[C@@H]1N1CC(CO)CC1=O. The van der Waals surface area contributed by atoms with Crippen LogP contribution in [0.15, 0.2) is 0 Å². The van der Waals surface area contributed by atoms with E-state index in [4.69, 9.17) is 9.94 Å². The molecule has 2 aliphatic rings. The number of likely N-dealkylation sites (tertiary alicyclic amines) is 1. The van der Waals surface area contributed by atoms with Crippen LogP contribution in [0.1, 0.15) is 6.42 Å². The van der Waals surface area contributed by atoms with E-state index in [1.807, 2.05) is 0 Å². The summed E-state index contributed by atoms with van der Waals surface area (Å²) in [6.07, 6.45) is 0.320. The van der Waals surface area contributed by atoms with Gasteiger partial charge in [-0.05, 0) is 0 Å². The summed E-state index contributed by atoms with van der Waals surface area (Å²) >= 11 is 0. The van der Waals surface area contributed by atoms with Gasteiger partial charge in [-0.2, -0.15) is 0 Å². The molecule has 0 aromatic rings. The van der Waals surface area contributed by atoms with Crippen LogP contribution < -0.4 is 5.48 Å². The average molecular weight is 200 g/mol. The van der Waals surface area contributed by atoms with Gasteiger partial charge in [0.2, 0.25) is 5.91 Å². The van der Waals surface area contributed by atoms with Crippen LogP contribution >= 0.6 is 0 Å². The van der Waals surface area contributed by atoms with Crippen molar-refractivity contribution >= 4 is 11.8 Å². The molecular formula is C8H12N2O4. The van der Waals surface area contributed by atoms with Crippen molar-refractivity contribution in [3.8, 4) is 0 Å². The second kappa shape index (κ2) is 3.55. The van der Waals surface area contributed by atoms with E-state index in [1.165, 1.54) is 4.90 Å². The molecule has 2 rings (SSSR count). The van der Waals surface area contributed by atoms with Gasteiger partial charge in [-0.25, -0.2) is 5.48 Å². The van der Waals surface area contributed by atoms with Crippen LogP contribution in [0.25, 0.3) is 0 Å². The third kappa shape index (κ3) is 1.46. The third-order valence-corrected chi connectivity index (χ3v) is 2.59. The Hall–Kier alpha value is -1.14. The fourth-order valence-electron chi connectivity index (χ4n) is 1.80. The molecule has 0 aliphatic carbocycles. The van der Waals surface area contributed by atoms with Gasteiger partial charge >= 0.3 is 0 Å². The zero-order chi connectivity index (χ0) is 10.1. The van der Waals surface area contributed by atoms with E-state index in [0.29, 0.717) is 13.0 Å². The van der Waals surface area contributed by atoms with Crippen LogP contribution in [-0.2, 0) is 14.4 Å². The molecule has 2 atom stereocenters. The first-order valence-electron chi connectivity index (χ1n) is 4.54. The summed E-state index contributed by atoms with van der Waals surface area (Å²) in [6.45, 7) is 0.622. The van der Waals surface area contributed by atoms with E-state index in [9.17, 15) is 9.59 Å². The topological polar surface area (TPSA) is 78.9 Å². The smallest absolute Gasteiger partial charge is 0.268 e. The lowest BCUT2D eigenvalue weighted by atomic mass is 10.1. The minimum atomic E-state index is -0.515. The predicted octanol–water partition coefficient (Wildman–Crippen LogP) is -1.74. The highest BCUT2D eigenvalue weighted by atomic mass is 16.7. The first-order chi connectivity index (χ1) is 6.72. The molecule has 0 radical (unpaired) electrons. The number of aliphatic hydroxyl groups is 1. The number of rotatable bonds is 2. The highest BCUT2D eigenvalue weighted by Crippen LogP contribution is 2.21. The summed E-state index contributed by atoms with van der Waals surface area (Å²) in [5, 5.41) is 8.90. The summed E-state index contributed by atoms with van der Waals surface area (Å²) in [4.78, 5) is 28.9. The van der Waals surface area contributed by atoms with Gasteiger partial charge in [-0.15, -0.1) is 0 Å². The van der Waals surface area contributed by atoms with Gasteiger partial charge < -0.3 is 10.0 Å². The Morgan fingerprint density at radius 2 is 2.36 bits per heavy atom. The fraction of sp³-hybridized carbons (Fsp3) is 0.750. The molecule has 0 spiro atoms. The molecule has 2 N–H and O–H groups in total. The van der Waals surface area contributed by atoms with Gasteiger partial charge in [-0.3, -0.25) is 14.4 Å². The molecule has 0 saturated carbocycles. The van der Waals surface area contributed by atoms with E-state index >= 15 is 0 Å². The minimum Gasteiger partial charge on any atom is -0.396 e. The Bertz CT molecular complexity index is 268. The maximum atomic E-state index is 11.5.